The van der Waals surface area contributed by atoms with Crippen molar-refractivity contribution in [1.29, 1.82) is 0 Å². The molecule has 1 atom stereocenters. The Balaban J connectivity index is 1.40. The lowest BCUT2D eigenvalue weighted by Gasteiger charge is -2.22. The average Bonchev–Trinajstić information content (AvgIpc) is 3.20. The van der Waals surface area contributed by atoms with E-state index in [1.54, 1.807) is 0 Å². The first-order valence-corrected chi connectivity index (χ1v) is 10.2. The summed E-state index contributed by atoms with van der Waals surface area (Å²) < 4.78 is 2.02. The number of para-hydroxylation sites is 2. The predicted molar refractivity (Wildman–Crippen MR) is 112 cm³/mol. The molecule has 0 unspecified atom stereocenters. The van der Waals surface area contributed by atoms with Gasteiger partial charge in [-0.2, -0.15) is 0 Å². The topological polar surface area (TPSA) is 63.9 Å². The lowest BCUT2D eigenvalue weighted by atomic mass is 10.1. The average molecular weight is 389 g/mol. The molecule has 0 radical (unpaired) electrons. The molecule has 6 nitrogen and oxygen atoms in total. The largest absolute Gasteiger partial charge is 0.327 e. The molecule has 1 amide bonds. The van der Waals surface area contributed by atoms with Gasteiger partial charge in [-0.3, -0.25) is 4.79 Å². The summed E-state index contributed by atoms with van der Waals surface area (Å²) in [6, 6.07) is 16.3. The first-order valence-electron chi connectivity index (χ1n) is 9.24. The highest BCUT2D eigenvalue weighted by Gasteiger charge is 2.30. The molecule has 0 spiro atoms. The monoisotopic (exact) mass is 389 g/mol. The summed E-state index contributed by atoms with van der Waals surface area (Å²) in [5.74, 6) is 0.360. The number of rotatable bonds is 3. The third-order valence-corrected chi connectivity index (χ3v) is 6.11. The molecule has 2 aromatic carbocycles. The SMILES string of the molecule is C[C@@H]1Cc2ccccc2N1C(=O)CSc1nnc2c3ccccc3n(C)c2n1. The van der Waals surface area contributed by atoms with E-state index in [4.69, 9.17) is 0 Å². The first kappa shape index (κ1) is 17.2. The van der Waals surface area contributed by atoms with Crippen LogP contribution in [0.2, 0.25) is 0 Å². The van der Waals surface area contributed by atoms with E-state index in [0.29, 0.717) is 5.16 Å². The number of carbonyl (C=O) groups is 1. The molecule has 0 N–H and O–H groups in total. The van der Waals surface area contributed by atoms with Crippen molar-refractivity contribution in [3.63, 3.8) is 0 Å². The fourth-order valence-corrected chi connectivity index (χ4v) is 4.64. The molecule has 7 heteroatoms. The minimum absolute atomic E-state index is 0.0724. The number of aryl methyl sites for hydroxylation is 1. The molecular weight excluding hydrogens is 370 g/mol. The van der Waals surface area contributed by atoms with Gasteiger partial charge < -0.3 is 9.47 Å². The van der Waals surface area contributed by atoms with Crippen molar-refractivity contribution in [3.8, 4) is 0 Å². The molecule has 0 saturated carbocycles. The standard InChI is InChI=1S/C21H19N5OS/c1-13-11-14-7-3-5-9-16(14)26(13)18(27)12-28-21-22-20-19(23-24-21)15-8-4-6-10-17(15)25(20)2/h3-10,13H,11-12H2,1-2H3/t13-/m1/s1. The van der Waals surface area contributed by atoms with Crippen molar-refractivity contribution >= 4 is 45.4 Å². The summed E-state index contributed by atoms with van der Waals surface area (Å²) in [7, 11) is 1.97. The number of nitrogens with zero attached hydrogens (tertiary/aromatic N) is 5. The number of benzene rings is 2. The van der Waals surface area contributed by atoms with E-state index >= 15 is 0 Å². The fraction of sp³-hybridized carbons (Fsp3) is 0.238. The Bertz CT molecular complexity index is 1220. The van der Waals surface area contributed by atoms with E-state index in [1.807, 2.05) is 59.0 Å². The van der Waals surface area contributed by atoms with Gasteiger partial charge in [-0.25, -0.2) is 4.98 Å². The molecule has 2 aromatic heterocycles. The van der Waals surface area contributed by atoms with Gasteiger partial charge in [0.15, 0.2) is 5.65 Å². The molecule has 5 rings (SSSR count). The van der Waals surface area contributed by atoms with E-state index < -0.39 is 0 Å². The van der Waals surface area contributed by atoms with Crippen LogP contribution in [0.25, 0.3) is 22.1 Å². The molecule has 1 aliphatic heterocycles. The van der Waals surface area contributed by atoms with Crippen LogP contribution in [0, 0.1) is 0 Å². The number of aromatic nitrogens is 4. The number of carbonyl (C=O) groups excluding carboxylic acids is 1. The summed E-state index contributed by atoms with van der Waals surface area (Å²) in [5, 5.41) is 10.2. The Kier molecular flexibility index (Phi) is 4.05. The Hall–Kier alpha value is -2.93. The molecule has 28 heavy (non-hydrogen) atoms. The molecule has 0 saturated heterocycles. The third kappa shape index (κ3) is 2.65. The molecule has 4 aromatic rings. The number of hydrogen-bond donors (Lipinski definition) is 0. The van der Waals surface area contributed by atoms with Crippen molar-refractivity contribution in [2.45, 2.75) is 24.5 Å². The molecule has 0 aliphatic carbocycles. The molecule has 0 fully saturated rings. The fourth-order valence-electron chi connectivity index (χ4n) is 3.99. The summed E-state index contributed by atoms with van der Waals surface area (Å²) >= 11 is 1.34. The summed E-state index contributed by atoms with van der Waals surface area (Å²) in [4.78, 5) is 19.4. The van der Waals surface area contributed by atoms with Gasteiger partial charge in [-0.1, -0.05) is 48.2 Å². The van der Waals surface area contributed by atoms with E-state index in [-0.39, 0.29) is 17.7 Å². The minimum atomic E-state index is 0.0724. The molecular formula is C21H19N5OS. The second-order valence-electron chi connectivity index (χ2n) is 7.08. The second-order valence-corrected chi connectivity index (χ2v) is 8.02. The Morgan fingerprint density at radius 1 is 1.14 bits per heavy atom. The zero-order valence-corrected chi connectivity index (χ0v) is 16.5. The normalized spacial score (nSPS) is 16.1. The highest BCUT2D eigenvalue weighted by atomic mass is 32.2. The predicted octanol–water partition coefficient (Wildman–Crippen LogP) is 3.59. The van der Waals surface area contributed by atoms with Gasteiger partial charge in [0.05, 0.1) is 11.3 Å². The number of amides is 1. The van der Waals surface area contributed by atoms with Crippen molar-refractivity contribution in [1.82, 2.24) is 19.7 Å². The molecule has 3 heterocycles. The van der Waals surface area contributed by atoms with Gasteiger partial charge in [0.1, 0.15) is 5.52 Å². The van der Waals surface area contributed by atoms with Gasteiger partial charge in [0.25, 0.3) is 0 Å². The Morgan fingerprint density at radius 2 is 1.93 bits per heavy atom. The molecule has 140 valence electrons. The van der Waals surface area contributed by atoms with E-state index in [2.05, 4.69) is 28.2 Å². The zero-order valence-electron chi connectivity index (χ0n) is 15.7. The number of thioether (sulfide) groups is 1. The Labute approximate surface area is 166 Å². The molecule has 0 bridgehead atoms. The first-order chi connectivity index (χ1) is 13.6. The van der Waals surface area contributed by atoms with Crippen LogP contribution in [0.15, 0.2) is 53.7 Å². The van der Waals surface area contributed by atoms with Crippen molar-refractivity contribution in [2.75, 3.05) is 10.7 Å². The van der Waals surface area contributed by atoms with Gasteiger partial charge in [-0.15, -0.1) is 10.2 Å². The highest BCUT2D eigenvalue weighted by Crippen LogP contribution is 2.33. The van der Waals surface area contributed by atoms with Crippen molar-refractivity contribution in [3.05, 3.63) is 54.1 Å². The number of hydrogen-bond acceptors (Lipinski definition) is 5. The minimum Gasteiger partial charge on any atom is -0.327 e. The summed E-state index contributed by atoms with van der Waals surface area (Å²) in [6.07, 6.45) is 0.895. The van der Waals surface area contributed by atoms with E-state index in [1.165, 1.54) is 17.3 Å². The van der Waals surface area contributed by atoms with E-state index in [9.17, 15) is 4.79 Å². The lowest BCUT2D eigenvalue weighted by Crippen LogP contribution is -2.37. The Morgan fingerprint density at radius 3 is 2.82 bits per heavy atom. The quantitative estimate of drug-likeness (QED) is 0.501. The molecule has 1 aliphatic rings. The van der Waals surface area contributed by atoms with Crippen LogP contribution in [0.1, 0.15) is 12.5 Å². The van der Waals surface area contributed by atoms with Crippen LogP contribution in [-0.4, -0.2) is 37.5 Å². The number of anilines is 1. The number of fused-ring (bicyclic) bond motifs is 4. The lowest BCUT2D eigenvalue weighted by molar-refractivity contribution is -0.116. The maximum atomic E-state index is 12.9. The van der Waals surface area contributed by atoms with E-state index in [0.717, 1.165) is 34.2 Å². The second kappa shape index (κ2) is 6.60. The summed E-state index contributed by atoms with van der Waals surface area (Å²) in [5.41, 5.74) is 4.88. The summed E-state index contributed by atoms with van der Waals surface area (Å²) in [6.45, 7) is 2.09. The maximum absolute atomic E-state index is 12.9. The third-order valence-electron chi connectivity index (χ3n) is 5.29. The van der Waals surface area contributed by atoms with Gasteiger partial charge in [-0.05, 0) is 31.0 Å². The van der Waals surface area contributed by atoms with Crippen LogP contribution >= 0.6 is 11.8 Å². The van der Waals surface area contributed by atoms with Gasteiger partial charge in [0, 0.05) is 24.2 Å². The van der Waals surface area contributed by atoms with Crippen LogP contribution in [0.5, 0.6) is 0 Å². The highest BCUT2D eigenvalue weighted by molar-refractivity contribution is 7.99. The van der Waals surface area contributed by atoms with Crippen LogP contribution in [0.4, 0.5) is 5.69 Å². The maximum Gasteiger partial charge on any atom is 0.237 e. The van der Waals surface area contributed by atoms with Crippen molar-refractivity contribution < 1.29 is 4.79 Å². The zero-order chi connectivity index (χ0) is 19.3. The van der Waals surface area contributed by atoms with Crippen LogP contribution in [-0.2, 0) is 18.3 Å². The smallest absolute Gasteiger partial charge is 0.237 e. The van der Waals surface area contributed by atoms with Crippen LogP contribution < -0.4 is 4.90 Å². The van der Waals surface area contributed by atoms with Gasteiger partial charge >= 0.3 is 0 Å². The van der Waals surface area contributed by atoms with Crippen molar-refractivity contribution in [2.24, 2.45) is 7.05 Å². The van der Waals surface area contributed by atoms with Gasteiger partial charge in [0.2, 0.25) is 11.1 Å². The van der Waals surface area contributed by atoms with Crippen LogP contribution in [0.3, 0.4) is 0 Å².